The number of hydrogen-bond donors (Lipinski definition) is 1. The molecule has 13 aromatic rings. The summed E-state index contributed by atoms with van der Waals surface area (Å²) in [5.41, 5.74) is 10.4. The maximum Gasteiger partial charge on any atom is 0.234 e. The SMILES string of the molecule is c1ccc2cc3c(cc2c1)c1ccccc1n3-c1cc(C2=NC(n3c4ccccc4c4ccccc43)=NC(c3cccc4oc5ccccc5c34)N2)cc2oc3ccccc3c12. The molecule has 0 radical (unpaired) electrons. The van der Waals surface area contributed by atoms with E-state index >= 15 is 0 Å². The molecule has 0 saturated heterocycles. The number of nitrogens with one attached hydrogen (secondary N) is 1. The van der Waals surface area contributed by atoms with Crippen molar-refractivity contribution in [1.82, 2.24) is 14.5 Å². The van der Waals surface area contributed by atoms with Crippen molar-refractivity contribution in [3.8, 4) is 5.69 Å². The van der Waals surface area contributed by atoms with Crippen molar-refractivity contribution in [3.63, 3.8) is 0 Å². The first kappa shape index (κ1) is 33.4. The van der Waals surface area contributed by atoms with Crippen LogP contribution in [0, 0.1) is 0 Å². The highest BCUT2D eigenvalue weighted by Crippen LogP contribution is 2.42. The van der Waals surface area contributed by atoms with Gasteiger partial charge in [-0.1, -0.05) is 127 Å². The first-order chi connectivity index (χ1) is 30.7. The third-order valence-corrected chi connectivity index (χ3v) is 12.8. The standard InChI is InChI=1S/C55H33N5O2/c1-2-15-33-29-45-41(28-32(33)14-1)37-18-5-8-22-42(37)59(45)46-30-34(31-50-52(46)39-20-7-12-26-48(39)62-50)53-56-54(40-21-13-27-49-51(40)38-19-6-11-25-47(38)61-49)58-55(57-53)60-43-23-9-3-16-35(43)36-17-4-10-24-44(36)60/h1-31,54H,(H,56,57,58). The summed E-state index contributed by atoms with van der Waals surface area (Å²) in [6, 6.07) is 66.1. The molecule has 0 amide bonds. The van der Waals surface area contributed by atoms with Gasteiger partial charge in [0.2, 0.25) is 5.96 Å². The number of amidine groups is 1. The Labute approximate surface area is 353 Å². The van der Waals surface area contributed by atoms with E-state index in [9.17, 15) is 0 Å². The van der Waals surface area contributed by atoms with Gasteiger partial charge in [-0.25, -0.2) is 4.99 Å². The monoisotopic (exact) mass is 795 g/mol. The average Bonchev–Trinajstić information content (AvgIpc) is 4.08. The smallest absolute Gasteiger partial charge is 0.234 e. The predicted molar refractivity (Wildman–Crippen MR) is 254 cm³/mol. The molecule has 0 bridgehead atoms. The molecule has 62 heavy (non-hydrogen) atoms. The van der Waals surface area contributed by atoms with Gasteiger partial charge in [0.1, 0.15) is 28.2 Å². The molecule has 0 aliphatic carbocycles. The minimum atomic E-state index is -0.517. The van der Waals surface area contributed by atoms with E-state index in [0.29, 0.717) is 11.8 Å². The summed E-state index contributed by atoms with van der Waals surface area (Å²) < 4.78 is 17.8. The first-order valence-corrected chi connectivity index (χ1v) is 20.9. The molecule has 0 spiro atoms. The van der Waals surface area contributed by atoms with E-state index in [0.717, 1.165) is 93.5 Å². The predicted octanol–water partition coefficient (Wildman–Crippen LogP) is 13.8. The summed E-state index contributed by atoms with van der Waals surface area (Å²) in [6.07, 6.45) is -0.517. The summed E-state index contributed by atoms with van der Waals surface area (Å²) in [5.74, 6) is 1.27. The van der Waals surface area contributed by atoms with Crippen LogP contribution in [0.25, 0.3) is 104 Å². The number of nitrogens with zero attached hydrogens (tertiary/aromatic N) is 4. The minimum Gasteiger partial charge on any atom is -0.456 e. The Kier molecular flexibility index (Phi) is 6.76. The van der Waals surface area contributed by atoms with Gasteiger partial charge in [0.25, 0.3) is 0 Å². The van der Waals surface area contributed by atoms with Gasteiger partial charge in [-0.15, -0.1) is 0 Å². The Morgan fingerprint density at radius 3 is 1.68 bits per heavy atom. The van der Waals surface area contributed by atoms with Crippen molar-refractivity contribution in [2.75, 3.05) is 0 Å². The van der Waals surface area contributed by atoms with E-state index < -0.39 is 6.17 Å². The number of benzene rings is 9. The zero-order chi connectivity index (χ0) is 40.5. The van der Waals surface area contributed by atoms with Crippen LogP contribution in [0.15, 0.2) is 207 Å². The fourth-order valence-corrected chi connectivity index (χ4v) is 10.1. The Morgan fingerprint density at radius 2 is 0.968 bits per heavy atom. The van der Waals surface area contributed by atoms with Gasteiger partial charge in [0, 0.05) is 48.8 Å². The Balaban J connectivity index is 1.07. The molecule has 0 fully saturated rings. The van der Waals surface area contributed by atoms with Crippen molar-refractivity contribution in [2.45, 2.75) is 6.17 Å². The van der Waals surface area contributed by atoms with Gasteiger partial charge >= 0.3 is 0 Å². The quantitative estimate of drug-likeness (QED) is 0.194. The molecule has 1 unspecified atom stereocenters. The van der Waals surface area contributed by atoms with Gasteiger partial charge < -0.3 is 18.7 Å². The molecule has 9 aromatic carbocycles. The summed E-state index contributed by atoms with van der Waals surface area (Å²) in [6.45, 7) is 0. The highest BCUT2D eigenvalue weighted by Gasteiger charge is 2.28. The molecular weight excluding hydrogens is 763 g/mol. The maximum absolute atomic E-state index is 6.79. The van der Waals surface area contributed by atoms with Gasteiger partial charge in [0.15, 0.2) is 6.17 Å². The highest BCUT2D eigenvalue weighted by atomic mass is 16.3. The zero-order valence-electron chi connectivity index (χ0n) is 33.1. The first-order valence-electron chi connectivity index (χ1n) is 20.9. The number of para-hydroxylation sites is 5. The third-order valence-electron chi connectivity index (χ3n) is 12.8. The molecule has 5 heterocycles. The molecule has 290 valence electrons. The average molecular weight is 796 g/mol. The summed E-state index contributed by atoms with van der Waals surface area (Å²) in [4.78, 5) is 11.0. The molecule has 1 aliphatic heterocycles. The molecular formula is C55H33N5O2. The highest BCUT2D eigenvalue weighted by molar-refractivity contribution is 6.21. The fourth-order valence-electron chi connectivity index (χ4n) is 10.1. The number of fused-ring (bicyclic) bond motifs is 13. The van der Waals surface area contributed by atoms with E-state index in [4.69, 9.17) is 18.8 Å². The maximum atomic E-state index is 6.79. The van der Waals surface area contributed by atoms with Crippen LogP contribution >= 0.6 is 0 Å². The molecule has 4 aromatic heterocycles. The van der Waals surface area contributed by atoms with E-state index in [1.165, 1.54) is 21.5 Å². The van der Waals surface area contributed by atoms with Crippen LogP contribution in [0.5, 0.6) is 0 Å². The molecule has 7 nitrogen and oxygen atoms in total. The third kappa shape index (κ3) is 4.70. The minimum absolute atomic E-state index is 0.517. The normalized spacial score (nSPS) is 14.6. The van der Waals surface area contributed by atoms with Crippen LogP contribution in [0.2, 0.25) is 0 Å². The largest absolute Gasteiger partial charge is 0.456 e. The van der Waals surface area contributed by atoms with Crippen LogP contribution in [0.4, 0.5) is 0 Å². The van der Waals surface area contributed by atoms with E-state index in [2.05, 4.69) is 166 Å². The Hall–Kier alpha value is -8.42. The van der Waals surface area contributed by atoms with Crippen LogP contribution in [-0.4, -0.2) is 20.9 Å². The lowest BCUT2D eigenvalue weighted by atomic mass is 10.0. The summed E-state index contributed by atoms with van der Waals surface area (Å²) in [5, 5.41) is 15.1. The molecule has 14 rings (SSSR count). The van der Waals surface area contributed by atoms with Gasteiger partial charge in [-0.3, -0.25) is 4.57 Å². The number of hydrogen-bond acceptors (Lipinski definition) is 5. The lowest BCUT2D eigenvalue weighted by Crippen LogP contribution is -2.35. The number of rotatable bonds is 3. The summed E-state index contributed by atoms with van der Waals surface area (Å²) >= 11 is 0. The molecule has 7 heteroatoms. The van der Waals surface area contributed by atoms with E-state index in [1.807, 2.05) is 36.4 Å². The second-order valence-corrected chi connectivity index (χ2v) is 16.2. The van der Waals surface area contributed by atoms with Crippen LogP contribution in [0.3, 0.4) is 0 Å². The van der Waals surface area contributed by atoms with Crippen LogP contribution < -0.4 is 5.32 Å². The van der Waals surface area contributed by atoms with Crippen molar-refractivity contribution in [1.29, 1.82) is 0 Å². The van der Waals surface area contributed by atoms with Crippen molar-refractivity contribution in [2.24, 2.45) is 9.98 Å². The molecule has 0 saturated carbocycles. The number of aliphatic imine (C=N–C) groups is 2. The molecule has 1 N–H and O–H groups in total. The van der Waals surface area contributed by atoms with Crippen molar-refractivity contribution < 1.29 is 8.83 Å². The molecule has 1 aliphatic rings. The zero-order valence-corrected chi connectivity index (χ0v) is 33.1. The van der Waals surface area contributed by atoms with Crippen LogP contribution in [-0.2, 0) is 0 Å². The van der Waals surface area contributed by atoms with Crippen molar-refractivity contribution in [3.05, 3.63) is 199 Å². The number of aromatic nitrogens is 2. The number of furan rings is 2. The second kappa shape index (κ2) is 12.5. The Morgan fingerprint density at radius 1 is 0.419 bits per heavy atom. The second-order valence-electron chi connectivity index (χ2n) is 16.2. The molecule has 1 atom stereocenters. The van der Waals surface area contributed by atoms with Gasteiger partial charge in [-0.2, -0.15) is 4.99 Å². The van der Waals surface area contributed by atoms with Gasteiger partial charge in [-0.05, 0) is 71.4 Å². The summed E-state index contributed by atoms with van der Waals surface area (Å²) in [7, 11) is 0. The van der Waals surface area contributed by atoms with Crippen molar-refractivity contribution >= 4 is 110 Å². The Bertz CT molecular complexity index is 4050. The topological polar surface area (TPSA) is 72.9 Å². The van der Waals surface area contributed by atoms with E-state index in [-0.39, 0.29) is 0 Å². The van der Waals surface area contributed by atoms with E-state index in [1.54, 1.807) is 0 Å². The van der Waals surface area contributed by atoms with Crippen LogP contribution in [0.1, 0.15) is 17.3 Å². The van der Waals surface area contributed by atoms with Gasteiger partial charge in [0.05, 0.1) is 33.1 Å². The lowest BCUT2D eigenvalue weighted by Gasteiger charge is -2.25. The lowest BCUT2D eigenvalue weighted by molar-refractivity contribution is 0.659. The fraction of sp³-hybridized carbons (Fsp3) is 0.0182.